The summed E-state index contributed by atoms with van der Waals surface area (Å²) in [5.41, 5.74) is 3.88. The van der Waals surface area contributed by atoms with Crippen molar-refractivity contribution in [2.75, 3.05) is 0 Å². The number of rotatable bonds is 4. The SMILES string of the molecule is CC(=C\C(C)C)/C(F)=C/c1ccc(-c2ccccc2)cc1. The Morgan fingerprint density at radius 1 is 0.905 bits per heavy atom. The second kappa shape index (κ2) is 7.03. The zero-order valence-electron chi connectivity index (χ0n) is 12.8. The van der Waals surface area contributed by atoms with Gasteiger partial charge in [0.25, 0.3) is 0 Å². The molecule has 0 aliphatic carbocycles. The lowest BCUT2D eigenvalue weighted by Crippen LogP contribution is -1.85. The molecule has 0 aromatic heterocycles. The van der Waals surface area contributed by atoms with Crippen LogP contribution in [0.5, 0.6) is 0 Å². The van der Waals surface area contributed by atoms with Crippen LogP contribution in [0.15, 0.2) is 72.1 Å². The molecule has 0 saturated heterocycles. The van der Waals surface area contributed by atoms with Crippen molar-refractivity contribution in [1.29, 1.82) is 0 Å². The van der Waals surface area contributed by atoms with Gasteiger partial charge in [-0.1, -0.05) is 74.5 Å². The molecule has 21 heavy (non-hydrogen) atoms. The van der Waals surface area contributed by atoms with Crippen LogP contribution in [-0.4, -0.2) is 0 Å². The van der Waals surface area contributed by atoms with E-state index >= 15 is 0 Å². The third-order valence-corrected chi connectivity index (χ3v) is 3.27. The van der Waals surface area contributed by atoms with E-state index in [1.807, 2.05) is 69.3 Å². The van der Waals surface area contributed by atoms with Gasteiger partial charge in [0.05, 0.1) is 0 Å². The summed E-state index contributed by atoms with van der Waals surface area (Å²) in [4.78, 5) is 0. The Labute approximate surface area is 126 Å². The lowest BCUT2D eigenvalue weighted by molar-refractivity contribution is 0.653. The van der Waals surface area contributed by atoms with Crippen molar-refractivity contribution in [3.8, 4) is 11.1 Å². The summed E-state index contributed by atoms with van der Waals surface area (Å²) in [6, 6.07) is 18.1. The maximum Gasteiger partial charge on any atom is 0.126 e. The minimum Gasteiger partial charge on any atom is -0.207 e. The summed E-state index contributed by atoms with van der Waals surface area (Å²) in [5, 5.41) is 0. The summed E-state index contributed by atoms with van der Waals surface area (Å²) in [6.45, 7) is 5.90. The fourth-order valence-corrected chi connectivity index (χ4v) is 2.24. The molecule has 0 nitrogen and oxygen atoms in total. The van der Waals surface area contributed by atoms with Crippen molar-refractivity contribution in [2.45, 2.75) is 20.8 Å². The van der Waals surface area contributed by atoms with Gasteiger partial charge in [0, 0.05) is 0 Å². The van der Waals surface area contributed by atoms with Crippen molar-refractivity contribution < 1.29 is 4.39 Å². The molecule has 0 spiro atoms. The van der Waals surface area contributed by atoms with Crippen LogP contribution in [0, 0.1) is 5.92 Å². The Bertz CT molecular complexity index is 631. The van der Waals surface area contributed by atoms with Gasteiger partial charge < -0.3 is 0 Å². The van der Waals surface area contributed by atoms with Crippen LogP contribution in [0.25, 0.3) is 17.2 Å². The Hall–Kier alpha value is -2.15. The van der Waals surface area contributed by atoms with Gasteiger partial charge in [-0.15, -0.1) is 0 Å². The van der Waals surface area contributed by atoms with Crippen molar-refractivity contribution in [2.24, 2.45) is 5.92 Å². The minimum absolute atomic E-state index is 0.170. The van der Waals surface area contributed by atoms with Gasteiger partial charge >= 0.3 is 0 Å². The number of halogens is 1. The fourth-order valence-electron chi connectivity index (χ4n) is 2.24. The molecule has 0 heterocycles. The zero-order chi connectivity index (χ0) is 15.2. The number of hydrogen-bond acceptors (Lipinski definition) is 0. The maximum atomic E-state index is 14.1. The van der Waals surface area contributed by atoms with E-state index in [4.69, 9.17) is 0 Å². The highest BCUT2D eigenvalue weighted by Crippen LogP contribution is 2.22. The molecule has 2 rings (SSSR count). The van der Waals surface area contributed by atoms with Crippen LogP contribution < -0.4 is 0 Å². The van der Waals surface area contributed by atoms with Gasteiger partial charge in [0.1, 0.15) is 5.83 Å². The van der Waals surface area contributed by atoms with Gasteiger partial charge in [0.2, 0.25) is 0 Å². The molecular formula is C20H21F. The van der Waals surface area contributed by atoms with E-state index in [0.29, 0.717) is 11.5 Å². The molecular weight excluding hydrogens is 259 g/mol. The molecule has 0 aliphatic heterocycles. The average molecular weight is 280 g/mol. The predicted molar refractivity (Wildman–Crippen MR) is 89.6 cm³/mol. The van der Waals surface area contributed by atoms with Crippen LogP contribution in [-0.2, 0) is 0 Å². The molecule has 0 saturated carbocycles. The summed E-state index contributed by atoms with van der Waals surface area (Å²) < 4.78 is 14.1. The minimum atomic E-state index is -0.170. The molecule has 0 radical (unpaired) electrons. The van der Waals surface area contributed by atoms with Gasteiger partial charge in [-0.2, -0.15) is 0 Å². The number of allylic oxidation sites excluding steroid dienone is 3. The lowest BCUT2D eigenvalue weighted by atomic mass is 10.0. The lowest BCUT2D eigenvalue weighted by Gasteiger charge is -2.03. The highest BCUT2D eigenvalue weighted by molar-refractivity contribution is 5.66. The smallest absolute Gasteiger partial charge is 0.126 e. The first-order valence-electron chi connectivity index (χ1n) is 7.28. The van der Waals surface area contributed by atoms with Crippen LogP contribution >= 0.6 is 0 Å². The van der Waals surface area contributed by atoms with Crippen molar-refractivity contribution in [1.82, 2.24) is 0 Å². The van der Waals surface area contributed by atoms with E-state index in [-0.39, 0.29) is 5.83 Å². The number of benzene rings is 2. The highest BCUT2D eigenvalue weighted by Gasteiger charge is 2.01. The molecule has 108 valence electrons. The van der Waals surface area contributed by atoms with E-state index in [1.54, 1.807) is 6.08 Å². The number of hydrogen-bond donors (Lipinski definition) is 0. The fraction of sp³-hybridized carbons (Fsp3) is 0.200. The molecule has 0 bridgehead atoms. The van der Waals surface area contributed by atoms with Crippen molar-refractivity contribution >= 4 is 6.08 Å². The topological polar surface area (TPSA) is 0 Å². The Morgan fingerprint density at radius 2 is 1.48 bits per heavy atom. The van der Waals surface area contributed by atoms with Gasteiger partial charge in [-0.25, -0.2) is 4.39 Å². The molecule has 0 aliphatic rings. The van der Waals surface area contributed by atoms with Gasteiger partial charge in [-0.3, -0.25) is 0 Å². The summed E-state index contributed by atoms with van der Waals surface area (Å²) >= 11 is 0. The molecule has 2 aromatic rings. The Balaban J connectivity index is 2.20. The van der Waals surface area contributed by atoms with Gasteiger partial charge in [0.15, 0.2) is 0 Å². The summed E-state index contributed by atoms with van der Waals surface area (Å²) in [7, 11) is 0. The molecule has 2 aromatic carbocycles. The molecule has 0 unspecified atom stereocenters. The van der Waals surface area contributed by atoms with E-state index in [0.717, 1.165) is 11.1 Å². The van der Waals surface area contributed by atoms with Crippen LogP contribution in [0.1, 0.15) is 26.3 Å². The Morgan fingerprint density at radius 3 is 2.05 bits per heavy atom. The van der Waals surface area contributed by atoms with E-state index in [1.165, 1.54) is 5.56 Å². The van der Waals surface area contributed by atoms with E-state index in [9.17, 15) is 4.39 Å². The quantitative estimate of drug-likeness (QED) is 0.579. The third kappa shape index (κ3) is 4.42. The standard InChI is InChI=1S/C20H21F/c1-15(2)13-16(3)20(21)14-17-9-11-19(12-10-17)18-7-5-4-6-8-18/h4-15H,1-3H3/b16-13+,20-14-. The highest BCUT2D eigenvalue weighted by atomic mass is 19.1. The third-order valence-electron chi connectivity index (χ3n) is 3.27. The first kappa shape index (κ1) is 15.2. The predicted octanol–water partition coefficient (Wildman–Crippen LogP) is 6.27. The van der Waals surface area contributed by atoms with Crippen LogP contribution in [0.3, 0.4) is 0 Å². The van der Waals surface area contributed by atoms with Crippen LogP contribution in [0.4, 0.5) is 4.39 Å². The van der Waals surface area contributed by atoms with Crippen molar-refractivity contribution in [3.05, 3.63) is 77.6 Å². The maximum absolute atomic E-state index is 14.1. The first-order valence-corrected chi connectivity index (χ1v) is 7.28. The van der Waals surface area contributed by atoms with Gasteiger partial charge in [-0.05, 0) is 41.2 Å². The monoisotopic (exact) mass is 280 g/mol. The second-order valence-electron chi connectivity index (χ2n) is 5.57. The largest absolute Gasteiger partial charge is 0.207 e. The normalized spacial score (nSPS) is 12.8. The average Bonchev–Trinajstić information content (AvgIpc) is 2.48. The zero-order valence-corrected chi connectivity index (χ0v) is 12.8. The molecule has 1 heteroatoms. The summed E-state index contributed by atoms with van der Waals surface area (Å²) in [6.07, 6.45) is 3.52. The van der Waals surface area contributed by atoms with Crippen LogP contribution in [0.2, 0.25) is 0 Å². The first-order chi connectivity index (χ1) is 10.1. The molecule has 0 atom stereocenters. The molecule has 0 N–H and O–H groups in total. The molecule has 0 fully saturated rings. The van der Waals surface area contributed by atoms with E-state index in [2.05, 4.69) is 12.1 Å². The summed E-state index contributed by atoms with van der Waals surface area (Å²) in [5.74, 6) is 0.181. The van der Waals surface area contributed by atoms with Crippen molar-refractivity contribution in [3.63, 3.8) is 0 Å². The Kier molecular flexibility index (Phi) is 5.10. The second-order valence-corrected chi connectivity index (χ2v) is 5.57. The molecule has 0 amide bonds. The van der Waals surface area contributed by atoms with E-state index < -0.39 is 0 Å².